The van der Waals surface area contributed by atoms with Crippen molar-refractivity contribution in [2.24, 2.45) is 17.8 Å². The van der Waals surface area contributed by atoms with Gasteiger partial charge in [0.1, 0.15) is 0 Å². The molecule has 2 aliphatic rings. The molecule has 2 N–H and O–H groups in total. The molecule has 1 aromatic heterocycles. The highest BCUT2D eigenvalue weighted by atomic mass is 16.5. The summed E-state index contributed by atoms with van der Waals surface area (Å²) < 4.78 is 4.91. The molecule has 2 bridgehead atoms. The fourth-order valence-corrected chi connectivity index (χ4v) is 3.53. The minimum atomic E-state index is -1.56. The van der Waals surface area contributed by atoms with Crippen molar-refractivity contribution in [3.8, 4) is 0 Å². The Bertz CT molecular complexity index is 511. The fourth-order valence-electron chi connectivity index (χ4n) is 3.53. The lowest BCUT2D eigenvalue weighted by Gasteiger charge is -2.36. The number of anilines is 1. The minimum absolute atomic E-state index is 0.00946. The molecule has 2 heterocycles. The van der Waals surface area contributed by atoms with Gasteiger partial charge in [-0.15, -0.1) is 0 Å². The van der Waals surface area contributed by atoms with Gasteiger partial charge in [-0.05, 0) is 24.7 Å². The molecule has 21 heavy (non-hydrogen) atoms. The second-order valence-corrected chi connectivity index (χ2v) is 5.74. The first kappa shape index (κ1) is 14.3. The quantitative estimate of drug-likeness (QED) is 0.533. The van der Waals surface area contributed by atoms with E-state index in [4.69, 9.17) is 14.8 Å². The van der Waals surface area contributed by atoms with Crippen LogP contribution in [0.25, 0.3) is 0 Å². The van der Waals surface area contributed by atoms with E-state index in [1.807, 2.05) is 0 Å². The van der Waals surface area contributed by atoms with E-state index in [1.165, 1.54) is 19.5 Å². The van der Waals surface area contributed by atoms with Gasteiger partial charge in [-0.2, -0.15) is 0 Å². The highest BCUT2D eigenvalue weighted by Gasteiger charge is 2.46. The van der Waals surface area contributed by atoms with Crippen LogP contribution in [-0.2, 0) is 9.53 Å². The molecule has 7 nitrogen and oxygen atoms in total. The van der Waals surface area contributed by atoms with E-state index in [1.54, 1.807) is 0 Å². The SMILES string of the molecule is COC(=O)C1C2CCC1CN(c1ncc(B(O)O)cn1)C2. The lowest BCUT2D eigenvalue weighted by Crippen LogP contribution is -2.46. The minimum Gasteiger partial charge on any atom is -0.469 e. The van der Waals surface area contributed by atoms with Gasteiger partial charge in [0, 0.05) is 30.9 Å². The summed E-state index contributed by atoms with van der Waals surface area (Å²) in [5, 5.41) is 18.1. The van der Waals surface area contributed by atoms with Gasteiger partial charge in [-0.25, -0.2) is 9.97 Å². The molecule has 1 saturated carbocycles. The van der Waals surface area contributed by atoms with Crippen LogP contribution in [0.4, 0.5) is 5.95 Å². The number of carbonyl (C=O) groups is 1. The molecule has 1 aliphatic heterocycles. The third-order valence-corrected chi connectivity index (χ3v) is 4.55. The van der Waals surface area contributed by atoms with Crippen LogP contribution >= 0.6 is 0 Å². The summed E-state index contributed by atoms with van der Waals surface area (Å²) in [7, 11) is -0.115. The van der Waals surface area contributed by atoms with E-state index in [0.29, 0.717) is 5.95 Å². The topological polar surface area (TPSA) is 95.8 Å². The Kier molecular flexibility index (Phi) is 3.82. The molecule has 2 unspecified atom stereocenters. The molecule has 2 fully saturated rings. The van der Waals surface area contributed by atoms with Gasteiger partial charge in [-0.1, -0.05) is 0 Å². The Morgan fingerprint density at radius 1 is 1.29 bits per heavy atom. The summed E-state index contributed by atoms with van der Waals surface area (Å²) in [4.78, 5) is 22.3. The molecular weight excluding hydrogens is 273 g/mol. The van der Waals surface area contributed by atoms with E-state index in [-0.39, 0.29) is 29.2 Å². The zero-order chi connectivity index (χ0) is 15.0. The second-order valence-electron chi connectivity index (χ2n) is 5.74. The predicted molar refractivity (Wildman–Crippen MR) is 75.8 cm³/mol. The monoisotopic (exact) mass is 291 g/mol. The maximum absolute atomic E-state index is 11.9. The number of fused-ring (bicyclic) bond motifs is 2. The Balaban J connectivity index is 1.74. The maximum Gasteiger partial charge on any atom is 0.491 e. The largest absolute Gasteiger partial charge is 0.491 e. The number of methoxy groups -OCH3 is 1. The first-order valence-electron chi connectivity index (χ1n) is 7.11. The number of carbonyl (C=O) groups excluding carboxylic acids is 1. The molecule has 2 atom stereocenters. The molecule has 3 rings (SSSR count). The summed E-state index contributed by atoms with van der Waals surface area (Å²) in [6.45, 7) is 1.47. The molecule has 1 saturated heterocycles. The zero-order valence-electron chi connectivity index (χ0n) is 11.8. The molecule has 0 spiro atoms. The number of ether oxygens (including phenoxy) is 1. The van der Waals surface area contributed by atoms with Crippen molar-refractivity contribution in [1.29, 1.82) is 0 Å². The van der Waals surface area contributed by atoms with Crippen LogP contribution in [0.2, 0.25) is 0 Å². The first-order valence-corrected chi connectivity index (χ1v) is 7.11. The summed E-state index contributed by atoms with van der Waals surface area (Å²) >= 11 is 0. The number of rotatable bonds is 3. The number of piperidine rings is 1. The van der Waals surface area contributed by atoms with Gasteiger partial charge in [0.25, 0.3) is 0 Å². The van der Waals surface area contributed by atoms with Gasteiger partial charge in [0.05, 0.1) is 13.0 Å². The zero-order valence-corrected chi connectivity index (χ0v) is 11.8. The third-order valence-electron chi connectivity index (χ3n) is 4.55. The van der Waals surface area contributed by atoms with Crippen LogP contribution in [0, 0.1) is 17.8 Å². The van der Waals surface area contributed by atoms with Crippen molar-refractivity contribution in [2.75, 3.05) is 25.1 Å². The van der Waals surface area contributed by atoms with Crippen LogP contribution in [0.1, 0.15) is 12.8 Å². The number of hydrogen-bond donors (Lipinski definition) is 2. The van der Waals surface area contributed by atoms with E-state index in [0.717, 1.165) is 25.9 Å². The normalized spacial score (nSPS) is 27.6. The van der Waals surface area contributed by atoms with Gasteiger partial charge >= 0.3 is 13.1 Å². The number of nitrogens with zero attached hydrogens (tertiary/aromatic N) is 3. The molecule has 112 valence electrons. The van der Waals surface area contributed by atoms with Gasteiger partial charge in [-0.3, -0.25) is 4.79 Å². The molecule has 1 aromatic rings. The predicted octanol–water partition coefficient (Wildman–Crippen LogP) is -1.21. The van der Waals surface area contributed by atoms with Crippen LogP contribution in [0.5, 0.6) is 0 Å². The Morgan fingerprint density at radius 2 is 1.86 bits per heavy atom. The summed E-state index contributed by atoms with van der Waals surface area (Å²) in [5.41, 5.74) is 0.270. The maximum atomic E-state index is 11.9. The fraction of sp³-hybridized carbons (Fsp3) is 0.615. The first-order chi connectivity index (χ1) is 10.1. The average Bonchev–Trinajstić information content (AvgIpc) is 2.76. The molecular formula is C13H18BN3O4. The van der Waals surface area contributed by atoms with E-state index in [2.05, 4.69) is 14.9 Å². The summed E-state index contributed by atoms with van der Waals surface area (Å²) in [6, 6.07) is 0. The van der Waals surface area contributed by atoms with Crippen LogP contribution in [0.3, 0.4) is 0 Å². The summed E-state index contributed by atoms with van der Waals surface area (Å²) in [6.07, 6.45) is 4.88. The highest BCUT2D eigenvalue weighted by Crippen LogP contribution is 2.43. The van der Waals surface area contributed by atoms with E-state index >= 15 is 0 Å². The summed E-state index contributed by atoms with van der Waals surface area (Å²) in [5.74, 6) is 1.01. The standard InChI is InChI=1S/C13H18BN3O4/c1-21-12(18)11-8-2-3-9(11)7-17(6-8)13-15-4-10(5-16-13)14(19)20/h4-5,8-9,11,19-20H,2-3,6-7H2,1H3. The van der Waals surface area contributed by atoms with Crippen molar-refractivity contribution >= 4 is 24.5 Å². The molecule has 1 aliphatic carbocycles. The van der Waals surface area contributed by atoms with Crippen LogP contribution < -0.4 is 10.4 Å². The Labute approximate surface area is 123 Å². The third kappa shape index (κ3) is 2.61. The second kappa shape index (κ2) is 5.61. The smallest absolute Gasteiger partial charge is 0.469 e. The van der Waals surface area contributed by atoms with Crippen molar-refractivity contribution in [1.82, 2.24) is 9.97 Å². The van der Waals surface area contributed by atoms with E-state index < -0.39 is 7.12 Å². The molecule has 0 aromatic carbocycles. The van der Waals surface area contributed by atoms with Crippen LogP contribution in [-0.4, -0.2) is 53.3 Å². The van der Waals surface area contributed by atoms with Crippen molar-refractivity contribution in [3.63, 3.8) is 0 Å². The molecule has 0 amide bonds. The lowest BCUT2D eigenvalue weighted by molar-refractivity contribution is -0.148. The Morgan fingerprint density at radius 3 is 2.33 bits per heavy atom. The molecule has 8 heteroatoms. The van der Waals surface area contributed by atoms with Gasteiger partial charge in [0.2, 0.25) is 5.95 Å². The Hall–Kier alpha value is -1.67. The number of esters is 1. The van der Waals surface area contributed by atoms with Gasteiger partial charge in [0.15, 0.2) is 0 Å². The van der Waals surface area contributed by atoms with Crippen molar-refractivity contribution in [3.05, 3.63) is 12.4 Å². The average molecular weight is 291 g/mol. The van der Waals surface area contributed by atoms with Gasteiger partial charge < -0.3 is 19.7 Å². The van der Waals surface area contributed by atoms with E-state index in [9.17, 15) is 4.79 Å². The lowest BCUT2D eigenvalue weighted by atomic mass is 9.83. The molecule has 0 radical (unpaired) electrons. The van der Waals surface area contributed by atoms with Crippen molar-refractivity contribution < 1.29 is 19.6 Å². The van der Waals surface area contributed by atoms with Crippen LogP contribution in [0.15, 0.2) is 12.4 Å². The number of aromatic nitrogens is 2. The number of hydrogen-bond acceptors (Lipinski definition) is 7. The highest BCUT2D eigenvalue weighted by molar-refractivity contribution is 6.58. The van der Waals surface area contributed by atoms with Crippen molar-refractivity contribution in [2.45, 2.75) is 12.8 Å².